The molecule has 0 unspecified atom stereocenters. The highest BCUT2D eigenvalue weighted by molar-refractivity contribution is 7.90. The summed E-state index contributed by atoms with van der Waals surface area (Å²) in [6.45, 7) is 0. The van der Waals surface area contributed by atoms with Gasteiger partial charge < -0.3 is 0 Å². The van der Waals surface area contributed by atoms with Gasteiger partial charge in [0.15, 0.2) is 0 Å². The van der Waals surface area contributed by atoms with Crippen molar-refractivity contribution in [3.05, 3.63) is 48.3 Å². The normalized spacial score (nSPS) is 12.7. The fourth-order valence-corrected chi connectivity index (χ4v) is 3.05. The third-order valence-electron chi connectivity index (χ3n) is 2.90. The van der Waals surface area contributed by atoms with E-state index in [9.17, 15) is 21.6 Å². The van der Waals surface area contributed by atoms with Gasteiger partial charge in [0.1, 0.15) is 15.9 Å². The van der Waals surface area contributed by atoms with E-state index in [0.717, 1.165) is 24.4 Å². The highest BCUT2D eigenvalue weighted by atomic mass is 32.2. The Labute approximate surface area is 122 Å². The molecular weight excluding hydrogens is 321 g/mol. The molecule has 0 atom stereocenters. The fourth-order valence-electron chi connectivity index (χ4n) is 1.86. The third-order valence-corrected chi connectivity index (χ3v) is 4.46. The molecule has 10 heteroatoms. The molecule has 114 valence electrons. The van der Waals surface area contributed by atoms with Crippen molar-refractivity contribution < 1.29 is 21.6 Å². The smallest absolute Gasteiger partial charge is 0.263 e. The van der Waals surface area contributed by atoms with Crippen LogP contribution in [0.15, 0.2) is 47.6 Å². The molecule has 0 aliphatic carbocycles. The Balaban J connectivity index is 2.18. The van der Waals surface area contributed by atoms with Crippen LogP contribution in [0.2, 0.25) is 0 Å². The molecule has 0 aliphatic rings. The van der Waals surface area contributed by atoms with Crippen molar-refractivity contribution in [2.24, 2.45) is 0 Å². The first kappa shape index (κ1) is 14.4. The van der Waals surface area contributed by atoms with Gasteiger partial charge in [-0.2, -0.15) is 21.6 Å². The van der Waals surface area contributed by atoms with Crippen LogP contribution in [-0.4, -0.2) is 27.8 Å². The SMILES string of the molecule is O=S(=O)(c1cccnc1)n1nnc2cc(C(F)(F)F)ccc21. The Morgan fingerprint density at radius 1 is 1.14 bits per heavy atom. The number of rotatable bonds is 2. The maximum absolute atomic E-state index is 12.6. The maximum atomic E-state index is 12.6. The van der Waals surface area contributed by atoms with Crippen LogP contribution in [0.25, 0.3) is 11.0 Å². The lowest BCUT2D eigenvalue weighted by Crippen LogP contribution is -2.14. The highest BCUT2D eigenvalue weighted by Gasteiger charge is 2.31. The van der Waals surface area contributed by atoms with Crippen LogP contribution in [-0.2, 0) is 16.2 Å². The number of fused-ring (bicyclic) bond motifs is 1. The molecule has 0 amide bonds. The first-order chi connectivity index (χ1) is 10.3. The van der Waals surface area contributed by atoms with E-state index in [0.29, 0.717) is 4.09 Å². The van der Waals surface area contributed by atoms with Crippen molar-refractivity contribution in [2.45, 2.75) is 11.1 Å². The quantitative estimate of drug-likeness (QED) is 0.720. The Hall–Kier alpha value is -2.49. The van der Waals surface area contributed by atoms with Gasteiger partial charge in [0.05, 0.1) is 5.56 Å². The summed E-state index contributed by atoms with van der Waals surface area (Å²) >= 11 is 0. The summed E-state index contributed by atoms with van der Waals surface area (Å²) in [5, 5.41) is 6.95. The first-order valence-corrected chi connectivity index (χ1v) is 7.32. The van der Waals surface area contributed by atoms with Crippen molar-refractivity contribution in [1.82, 2.24) is 19.4 Å². The van der Waals surface area contributed by atoms with Gasteiger partial charge in [-0.1, -0.05) is 5.21 Å². The summed E-state index contributed by atoms with van der Waals surface area (Å²) in [6.07, 6.45) is -2.03. The molecular formula is C12H7F3N4O2S. The summed E-state index contributed by atoms with van der Waals surface area (Å²) in [6, 6.07) is 5.28. The number of benzene rings is 1. The van der Waals surface area contributed by atoms with E-state index in [-0.39, 0.29) is 15.9 Å². The summed E-state index contributed by atoms with van der Waals surface area (Å²) in [4.78, 5) is 3.56. The van der Waals surface area contributed by atoms with Gasteiger partial charge in [0, 0.05) is 12.4 Å². The summed E-state index contributed by atoms with van der Waals surface area (Å²) in [7, 11) is -4.07. The van der Waals surface area contributed by atoms with Crippen LogP contribution in [0.1, 0.15) is 5.56 Å². The third kappa shape index (κ3) is 2.30. The molecule has 0 fully saturated rings. The van der Waals surface area contributed by atoms with Gasteiger partial charge in [-0.25, -0.2) is 0 Å². The van der Waals surface area contributed by atoms with E-state index >= 15 is 0 Å². The first-order valence-electron chi connectivity index (χ1n) is 5.88. The van der Waals surface area contributed by atoms with E-state index < -0.39 is 21.8 Å². The number of nitrogens with zero attached hydrogens (tertiary/aromatic N) is 4. The highest BCUT2D eigenvalue weighted by Crippen LogP contribution is 2.31. The molecule has 0 bridgehead atoms. The zero-order valence-electron chi connectivity index (χ0n) is 10.7. The lowest BCUT2D eigenvalue weighted by Gasteiger charge is -2.06. The largest absolute Gasteiger partial charge is 0.416 e. The summed E-state index contributed by atoms with van der Waals surface area (Å²) in [5.74, 6) is 0. The number of aromatic nitrogens is 4. The van der Waals surface area contributed by atoms with Crippen LogP contribution in [0, 0.1) is 0 Å². The Morgan fingerprint density at radius 2 is 1.91 bits per heavy atom. The Morgan fingerprint density at radius 3 is 2.55 bits per heavy atom. The van der Waals surface area contributed by atoms with Gasteiger partial charge in [-0.3, -0.25) is 4.98 Å². The molecule has 22 heavy (non-hydrogen) atoms. The second-order valence-electron chi connectivity index (χ2n) is 4.33. The van der Waals surface area contributed by atoms with Crippen molar-refractivity contribution >= 4 is 21.1 Å². The molecule has 2 aromatic heterocycles. The van der Waals surface area contributed by atoms with Gasteiger partial charge in [0.2, 0.25) is 0 Å². The molecule has 0 aliphatic heterocycles. The predicted molar refractivity (Wildman–Crippen MR) is 69.4 cm³/mol. The van der Waals surface area contributed by atoms with Crippen LogP contribution < -0.4 is 0 Å². The molecule has 3 rings (SSSR count). The molecule has 3 aromatic rings. The van der Waals surface area contributed by atoms with Crippen molar-refractivity contribution in [2.75, 3.05) is 0 Å². The average molecular weight is 328 g/mol. The van der Waals surface area contributed by atoms with E-state index in [4.69, 9.17) is 0 Å². The van der Waals surface area contributed by atoms with Gasteiger partial charge >= 0.3 is 6.18 Å². The average Bonchev–Trinajstić information content (AvgIpc) is 2.91. The van der Waals surface area contributed by atoms with Gasteiger partial charge in [-0.05, 0) is 30.3 Å². The number of pyridine rings is 1. The Kier molecular flexibility index (Phi) is 3.13. The standard InChI is InChI=1S/C12H7F3N4O2S/c13-12(14,15)8-3-4-11-10(6-8)17-18-19(11)22(20,21)9-2-1-5-16-7-9/h1-7H. The van der Waals surface area contributed by atoms with Crippen molar-refractivity contribution in [3.63, 3.8) is 0 Å². The van der Waals surface area contributed by atoms with E-state index in [1.54, 1.807) is 0 Å². The van der Waals surface area contributed by atoms with E-state index in [2.05, 4.69) is 15.3 Å². The lowest BCUT2D eigenvalue weighted by molar-refractivity contribution is -0.137. The monoisotopic (exact) mass is 328 g/mol. The van der Waals surface area contributed by atoms with Crippen molar-refractivity contribution in [1.29, 1.82) is 0 Å². The number of alkyl halides is 3. The van der Waals surface area contributed by atoms with Crippen LogP contribution >= 0.6 is 0 Å². The van der Waals surface area contributed by atoms with E-state index in [1.165, 1.54) is 18.3 Å². The fraction of sp³-hybridized carbons (Fsp3) is 0.0833. The molecule has 0 radical (unpaired) electrons. The minimum absolute atomic E-state index is 0.0446. The second kappa shape index (κ2) is 4.77. The molecule has 0 spiro atoms. The minimum Gasteiger partial charge on any atom is -0.263 e. The number of halogens is 3. The summed E-state index contributed by atoms with van der Waals surface area (Å²) < 4.78 is 63.3. The van der Waals surface area contributed by atoms with Gasteiger partial charge in [0.25, 0.3) is 10.0 Å². The van der Waals surface area contributed by atoms with E-state index in [1.807, 2.05) is 0 Å². The lowest BCUT2D eigenvalue weighted by atomic mass is 10.2. The van der Waals surface area contributed by atoms with Gasteiger partial charge in [-0.15, -0.1) is 9.19 Å². The molecule has 0 saturated heterocycles. The molecule has 6 nitrogen and oxygen atoms in total. The molecule has 2 heterocycles. The Bertz CT molecular complexity index is 936. The zero-order valence-corrected chi connectivity index (χ0v) is 11.5. The van der Waals surface area contributed by atoms with Crippen LogP contribution in [0.5, 0.6) is 0 Å². The number of hydrogen-bond donors (Lipinski definition) is 0. The predicted octanol–water partition coefficient (Wildman–Crippen LogP) is 2.08. The molecule has 0 saturated carbocycles. The molecule has 1 aromatic carbocycles. The second-order valence-corrected chi connectivity index (χ2v) is 6.09. The zero-order chi connectivity index (χ0) is 16.0. The van der Waals surface area contributed by atoms with Crippen LogP contribution in [0.4, 0.5) is 13.2 Å². The topological polar surface area (TPSA) is 77.7 Å². The summed E-state index contributed by atoms with van der Waals surface area (Å²) in [5.41, 5.74) is -1.13. The maximum Gasteiger partial charge on any atom is 0.416 e. The number of hydrogen-bond acceptors (Lipinski definition) is 5. The minimum atomic E-state index is -4.54. The van der Waals surface area contributed by atoms with Crippen molar-refractivity contribution in [3.8, 4) is 0 Å². The molecule has 0 N–H and O–H groups in total. The van der Waals surface area contributed by atoms with Crippen LogP contribution in [0.3, 0.4) is 0 Å².